The van der Waals surface area contributed by atoms with E-state index in [1.807, 2.05) is 19.1 Å². The SMILES string of the molecule is CCNCc1ccc(Cl)cc1-c1ccncc1F. The third kappa shape index (κ3) is 2.86. The maximum absolute atomic E-state index is 13.8. The van der Waals surface area contributed by atoms with Crippen LogP contribution in [0.25, 0.3) is 11.1 Å². The first-order valence-electron chi connectivity index (χ1n) is 5.81. The smallest absolute Gasteiger partial charge is 0.149 e. The number of nitrogens with zero attached hydrogens (tertiary/aromatic N) is 1. The zero-order valence-electron chi connectivity index (χ0n) is 10.1. The lowest BCUT2D eigenvalue weighted by Gasteiger charge is -2.11. The lowest BCUT2D eigenvalue weighted by Crippen LogP contribution is -2.12. The first kappa shape index (κ1) is 13.0. The third-order valence-electron chi connectivity index (χ3n) is 2.70. The van der Waals surface area contributed by atoms with Crippen molar-refractivity contribution >= 4 is 11.6 Å². The second-order valence-electron chi connectivity index (χ2n) is 3.94. The van der Waals surface area contributed by atoms with Crippen LogP contribution in [-0.2, 0) is 6.54 Å². The molecule has 2 rings (SSSR count). The van der Waals surface area contributed by atoms with Crippen LogP contribution in [0, 0.1) is 5.82 Å². The van der Waals surface area contributed by atoms with E-state index in [1.165, 1.54) is 6.20 Å². The molecule has 0 aliphatic carbocycles. The second kappa shape index (κ2) is 5.94. The predicted octanol–water partition coefficient (Wildman–Crippen LogP) is 3.65. The van der Waals surface area contributed by atoms with Crippen LogP contribution in [-0.4, -0.2) is 11.5 Å². The van der Waals surface area contributed by atoms with Crippen molar-refractivity contribution in [3.63, 3.8) is 0 Å². The highest BCUT2D eigenvalue weighted by atomic mass is 35.5. The molecule has 0 saturated carbocycles. The normalized spacial score (nSPS) is 10.6. The van der Waals surface area contributed by atoms with Crippen molar-refractivity contribution in [2.75, 3.05) is 6.54 Å². The van der Waals surface area contributed by atoms with Gasteiger partial charge in [-0.25, -0.2) is 4.39 Å². The van der Waals surface area contributed by atoms with Crippen molar-refractivity contribution in [2.45, 2.75) is 13.5 Å². The topological polar surface area (TPSA) is 24.9 Å². The predicted molar refractivity (Wildman–Crippen MR) is 72.0 cm³/mol. The average Bonchev–Trinajstić information content (AvgIpc) is 2.38. The molecule has 2 aromatic rings. The molecule has 0 atom stereocenters. The van der Waals surface area contributed by atoms with Gasteiger partial charge in [-0.1, -0.05) is 24.6 Å². The third-order valence-corrected chi connectivity index (χ3v) is 2.94. The van der Waals surface area contributed by atoms with Gasteiger partial charge in [0.25, 0.3) is 0 Å². The van der Waals surface area contributed by atoms with Crippen LogP contribution in [0.3, 0.4) is 0 Å². The molecular weight excluding hydrogens is 251 g/mol. The summed E-state index contributed by atoms with van der Waals surface area (Å²) in [6.45, 7) is 3.58. The molecule has 0 bridgehead atoms. The monoisotopic (exact) mass is 264 g/mol. The number of rotatable bonds is 4. The van der Waals surface area contributed by atoms with Gasteiger partial charge in [-0.2, -0.15) is 0 Å². The highest BCUT2D eigenvalue weighted by molar-refractivity contribution is 6.30. The summed E-state index contributed by atoms with van der Waals surface area (Å²) in [7, 11) is 0. The fraction of sp³-hybridized carbons (Fsp3) is 0.214. The Balaban J connectivity index is 2.48. The Hall–Kier alpha value is -1.45. The van der Waals surface area contributed by atoms with Crippen molar-refractivity contribution in [1.82, 2.24) is 10.3 Å². The molecule has 1 aromatic heterocycles. The van der Waals surface area contributed by atoms with E-state index in [0.717, 1.165) is 17.7 Å². The Labute approximate surface area is 111 Å². The number of hydrogen-bond donors (Lipinski definition) is 1. The number of pyridine rings is 1. The number of hydrogen-bond acceptors (Lipinski definition) is 2. The maximum Gasteiger partial charge on any atom is 0.149 e. The van der Waals surface area contributed by atoms with Crippen molar-refractivity contribution in [1.29, 1.82) is 0 Å². The summed E-state index contributed by atoms with van der Waals surface area (Å²) in [5, 5.41) is 3.83. The van der Waals surface area contributed by atoms with Gasteiger partial charge in [-0.05, 0) is 35.9 Å². The van der Waals surface area contributed by atoms with Crippen LogP contribution in [0.15, 0.2) is 36.7 Å². The molecule has 1 heterocycles. The van der Waals surface area contributed by atoms with Gasteiger partial charge in [0.05, 0.1) is 6.20 Å². The van der Waals surface area contributed by atoms with E-state index in [0.29, 0.717) is 17.1 Å². The lowest BCUT2D eigenvalue weighted by atomic mass is 10.00. The van der Waals surface area contributed by atoms with E-state index in [9.17, 15) is 4.39 Å². The summed E-state index contributed by atoms with van der Waals surface area (Å²) in [6.07, 6.45) is 2.80. The zero-order chi connectivity index (χ0) is 13.0. The molecule has 18 heavy (non-hydrogen) atoms. The fourth-order valence-corrected chi connectivity index (χ4v) is 1.98. The minimum absolute atomic E-state index is 0.336. The van der Waals surface area contributed by atoms with E-state index in [2.05, 4.69) is 10.3 Å². The Morgan fingerprint density at radius 1 is 1.28 bits per heavy atom. The van der Waals surface area contributed by atoms with Crippen LogP contribution in [0.1, 0.15) is 12.5 Å². The quantitative estimate of drug-likeness (QED) is 0.912. The molecule has 0 saturated heterocycles. The molecule has 1 N–H and O–H groups in total. The first-order valence-corrected chi connectivity index (χ1v) is 6.19. The van der Waals surface area contributed by atoms with Gasteiger partial charge in [0.15, 0.2) is 0 Å². The van der Waals surface area contributed by atoms with E-state index in [4.69, 9.17) is 11.6 Å². The molecule has 2 nitrogen and oxygen atoms in total. The van der Waals surface area contributed by atoms with Crippen LogP contribution >= 0.6 is 11.6 Å². The van der Waals surface area contributed by atoms with Crippen LogP contribution in [0.4, 0.5) is 4.39 Å². The summed E-state index contributed by atoms with van der Waals surface area (Å²) >= 11 is 5.99. The van der Waals surface area contributed by atoms with Gasteiger partial charge < -0.3 is 5.32 Å². The van der Waals surface area contributed by atoms with Crippen molar-refractivity contribution in [3.8, 4) is 11.1 Å². The fourth-order valence-electron chi connectivity index (χ4n) is 1.81. The van der Waals surface area contributed by atoms with Gasteiger partial charge in [0, 0.05) is 23.3 Å². The maximum atomic E-state index is 13.8. The number of benzene rings is 1. The van der Waals surface area contributed by atoms with Crippen molar-refractivity contribution < 1.29 is 4.39 Å². The minimum Gasteiger partial charge on any atom is -0.313 e. The average molecular weight is 265 g/mol. The van der Waals surface area contributed by atoms with Gasteiger partial charge in [0.2, 0.25) is 0 Å². The highest BCUT2D eigenvalue weighted by Crippen LogP contribution is 2.28. The second-order valence-corrected chi connectivity index (χ2v) is 4.37. The van der Waals surface area contributed by atoms with E-state index in [-0.39, 0.29) is 5.82 Å². The molecule has 0 radical (unpaired) electrons. The standard InChI is InChI=1S/C14H14ClFN2/c1-2-17-8-10-3-4-11(15)7-13(10)12-5-6-18-9-14(12)16/h3-7,9,17H,2,8H2,1H3. The molecule has 4 heteroatoms. The Kier molecular flexibility index (Phi) is 4.28. The lowest BCUT2D eigenvalue weighted by molar-refractivity contribution is 0.624. The molecule has 0 amide bonds. The molecule has 1 aromatic carbocycles. The molecule has 0 aliphatic heterocycles. The van der Waals surface area contributed by atoms with Crippen LogP contribution in [0.2, 0.25) is 5.02 Å². The summed E-state index contributed by atoms with van der Waals surface area (Å²) in [6, 6.07) is 7.18. The van der Waals surface area contributed by atoms with Gasteiger partial charge in [0.1, 0.15) is 5.82 Å². The largest absolute Gasteiger partial charge is 0.313 e. The van der Waals surface area contributed by atoms with Gasteiger partial charge in [-0.3, -0.25) is 4.98 Å². The summed E-state index contributed by atoms with van der Waals surface area (Å²) in [5.74, 6) is -0.336. The summed E-state index contributed by atoms with van der Waals surface area (Å²) < 4.78 is 13.8. The molecular formula is C14H14ClFN2. The van der Waals surface area contributed by atoms with Gasteiger partial charge >= 0.3 is 0 Å². The van der Waals surface area contributed by atoms with Crippen molar-refractivity contribution in [3.05, 3.63) is 53.1 Å². The molecule has 0 fully saturated rings. The van der Waals surface area contributed by atoms with Crippen molar-refractivity contribution in [2.24, 2.45) is 0 Å². The van der Waals surface area contributed by atoms with E-state index in [1.54, 1.807) is 18.3 Å². The summed E-state index contributed by atoms with van der Waals surface area (Å²) in [4.78, 5) is 3.76. The number of nitrogens with one attached hydrogen (secondary N) is 1. The molecule has 0 unspecified atom stereocenters. The highest BCUT2D eigenvalue weighted by Gasteiger charge is 2.10. The first-order chi connectivity index (χ1) is 8.72. The van der Waals surface area contributed by atoms with Gasteiger partial charge in [-0.15, -0.1) is 0 Å². The van der Waals surface area contributed by atoms with E-state index < -0.39 is 0 Å². The molecule has 94 valence electrons. The van der Waals surface area contributed by atoms with Crippen LogP contribution < -0.4 is 5.32 Å². The zero-order valence-corrected chi connectivity index (χ0v) is 10.8. The summed E-state index contributed by atoms with van der Waals surface area (Å²) in [5.41, 5.74) is 2.36. The Morgan fingerprint density at radius 3 is 2.83 bits per heavy atom. The molecule has 0 aliphatic rings. The van der Waals surface area contributed by atoms with E-state index >= 15 is 0 Å². The Morgan fingerprint density at radius 2 is 2.11 bits per heavy atom. The minimum atomic E-state index is -0.336. The number of halogens is 2. The number of aromatic nitrogens is 1. The molecule has 0 spiro atoms. The Bertz CT molecular complexity index is 543. The van der Waals surface area contributed by atoms with Crippen LogP contribution in [0.5, 0.6) is 0 Å².